The molecule has 0 aromatic carbocycles. The Morgan fingerprint density at radius 2 is 2.26 bits per heavy atom. The Morgan fingerprint density at radius 1 is 1.47 bits per heavy atom. The standard InChI is InChI=1S/C15H22N2O2/c1-18-15(6-9-19-10-7-15)14(16)12-5-4-11-3-2-8-17-13(11)12/h2-3,8,12,14H,4-7,9-10,16H2,1H3. The first kappa shape index (κ1) is 13.0. The van der Waals surface area contributed by atoms with Crippen LogP contribution in [0.1, 0.15) is 36.4 Å². The highest BCUT2D eigenvalue weighted by Gasteiger charge is 2.44. The van der Waals surface area contributed by atoms with Crippen molar-refractivity contribution in [1.29, 1.82) is 0 Å². The van der Waals surface area contributed by atoms with Gasteiger partial charge in [0.15, 0.2) is 0 Å². The molecule has 1 aliphatic heterocycles. The molecule has 2 unspecified atom stereocenters. The number of fused-ring (bicyclic) bond motifs is 1. The van der Waals surface area contributed by atoms with E-state index < -0.39 is 0 Å². The van der Waals surface area contributed by atoms with Gasteiger partial charge in [-0.2, -0.15) is 0 Å². The van der Waals surface area contributed by atoms with Gasteiger partial charge in [-0.1, -0.05) is 6.07 Å². The zero-order chi connectivity index (χ0) is 13.3. The number of hydrogen-bond donors (Lipinski definition) is 1. The van der Waals surface area contributed by atoms with Gasteiger partial charge in [0.05, 0.1) is 5.60 Å². The first-order chi connectivity index (χ1) is 9.27. The van der Waals surface area contributed by atoms with Gasteiger partial charge in [0, 0.05) is 57.0 Å². The number of hydrogen-bond acceptors (Lipinski definition) is 4. The molecule has 104 valence electrons. The lowest BCUT2D eigenvalue weighted by Crippen LogP contribution is -2.55. The monoisotopic (exact) mass is 262 g/mol. The lowest BCUT2D eigenvalue weighted by atomic mass is 9.78. The van der Waals surface area contributed by atoms with E-state index in [1.54, 1.807) is 7.11 Å². The fraction of sp³-hybridized carbons (Fsp3) is 0.667. The fourth-order valence-electron chi connectivity index (χ4n) is 3.55. The van der Waals surface area contributed by atoms with Crippen LogP contribution in [0.25, 0.3) is 0 Å². The van der Waals surface area contributed by atoms with Crippen LogP contribution in [0.3, 0.4) is 0 Å². The number of pyridine rings is 1. The smallest absolute Gasteiger partial charge is 0.0879 e. The summed E-state index contributed by atoms with van der Waals surface area (Å²) in [5.74, 6) is 0.314. The van der Waals surface area contributed by atoms with Crippen molar-refractivity contribution in [2.24, 2.45) is 5.73 Å². The molecule has 2 atom stereocenters. The molecule has 19 heavy (non-hydrogen) atoms. The minimum absolute atomic E-state index is 0.00227. The first-order valence-corrected chi connectivity index (χ1v) is 7.09. The number of nitrogens with zero attached hydrogens (tertiary/aromatic N) is 1. The van der Waals surface area contributed by atoms with Crippen LogP contribution in [0.2, 0.25) is 0 Å². The van der Waals surface area contributed by atoms with Crippen LogP contribution >= 0.6 is 0 Å². The van der Waals surface area contributed by atoms with Crippen molar-refractivity contribution in [2.75, 3.05) is 20.3 Å². The summed E-state index contributed by atoms with van der Waals surface area (Å²) in [4.78, 5) is 4.56. The molecule has 1 saturated heterocycles. The summed E-state index contributed by atoms with van der Waals surface area (Å²) in [5.41, 5.74) is 8.87. The second-order valence-electron chi connectivity index (χ2n) is 5.60. The van der Waals surface area contributed by atoms with E-state index in [1.165, 1.54) is 11.3 Å². The molecule has 3 rings (SSSR count). The summed E-state index contributed by atoms with van der Waals surface area (Å²) in [6.45, 7) is 1.48. The molecule has 1 aliphatic carbocycles. The van der Waals surface area contributed by atoms with Gasteiger partial charge in [-0.15, -0.1) is 0 Å². The summed E-state index contributed by atoms with van der Waals surface area (Å²) >= 11 is 0. The van der Waals surface area contributed by atoms with Gasteiger partial charge in [0.2, 0.25) is 0 Å². The first-order valence-electron chi connectivity index (χ1n) is 7.09. The van der Waals surface area contributed by atoms with Gasteiger partial charge in [0.1, 0.15) is 0 Å². The Balaban J connectivity index is 1.86. The highest BCUT2D eigenvalue weighted by atomic mass is 16.5. The van der Waals surface area contributed by atoms with E-state index in [2.05, 4.69) is 11.1 Å². The van der Waals surface area contributed by atoms with Crippen molar-refractivity contribution in [3.05, 3.63) is 29.6 Å². The van der Waals surface area contributed by atoms with E-state index in [4.69, 9.17) is 15.2 Å². The zero-order valence-electron chi connectivity index (χ0n) is 11.5. The van der Waals surface area contributed by atoms with E-state index in [1.807, 2.05) is 12.3 Å². The van der Waals surface area contributed by atoms with E-state index >= 15 is 0 Å². The Hall–Kier alpha value is -0.970. The van der Waals surface area contributed by atoms with Crippen molar-refractivity contribution in [1.82, 2.24) is 4.98 Å². The number of aryl methyl sites for hydroxylation is 1. The van der Waals surface area contributed by atoms with E-state index in [9.17, 15) is 0 Å². The molecular weight excluding hydrogens is 240 g/mol. The van der Waals surface area contributed by atoms with Crippen LogP contribution in [-0.2, 0) is 15.9 Å². The summed E-state index contributed by atoms with van der Waals surface area (Å²) in [6, 6.07) is 4.17. The molecule has 1 aromatic rings. The van der Waals surface area contributed by atoms with Gasteiger partial charge >= 0.3 is 0 Å². The third-order valence-electron chi connectivity index (χ3n) is 4.79. The maximum atomic E-state index is 6.59. The van der Waals surface area contributed by atoms with Gasteiger partial charge in [0.25, 0.3) is 0 Å². The van der Waals surface area contributed by atoms with Crippen LogP contribution < -0.4 is 5.73 Å². The molecule has 4 nitrogen and oxygen atoms in total. The number of methoxy groups -OCH3 is 1. The molecule has 1 fully saturated rings. The molecule has 0 radical (unpaired) electrons. The van der Waals surface area contributed by atoms with E-state index in [0.717, 1.165) is 38.9 Å². The quantitative estimate of drug-likeness (QED) is 0.899. The molecule has 0 spiro atoms. The molecule has 2 aliphatic rings. The molecular formula is C15H22N2O2. The van der Waals surface area contributed by atoms with Gasteiger partial charge in [-0.25, -0.2) is 0 Å². The van der Waals surface area contributed by atoms with Crippen molar-refractivity contribution in [3.8, 4) is 0 Å². The predicted octanol–water partition coefficient (Wildman–Crippen LogP) is 1.63. The number of ether oxygens (including phenoxy) is 2. The van der Waals surface area contributed by atoms with Gasteiger partial charge in [-0.05, 0) is 24.5 Å². The van der Waals surface area contributed by atoms with Crippen LogP contribution in [-0.4, -0.2) is 37.0 Å². The Kier molecular flexibility index (Phi) is 3.56. The Morgan fingerprint density at radius 3 is 3.00 bits per heavy atom. The van der Waals surface area contributed by atoms with E-state index in [0.29, 0.717) is 5.92 Å². The largest absolute Gasteiger partial charge is 0.381 e. The van der Waals surface area contributed by atoms with Crippen molar-refractivity contribution in [2.45, 2.75) is 43.2 Å². The predicted molar refractivity (Wildman–Crippen MR) is 73.1 cm³/mol. The van der Waals surface area contributed by atoms with Crippen LogP contribution in [0.5, 0.6) is 0 Å². The Labute approximate surface area is 114 Å². The third-order valence-corrected chi connectivity index (χ3v) is 4.79. The highest BCUT2D eigenvalue weighted by Crippen LogP contribution is 2.40. The SMILES string of the molecule is COC1(C(N)C2CCc3cccnc32)CCOCC1. The minimum Gasteiger partial charge on any atom is -0.381 e. The molecule has 0 saturated carbocycles. The lowest BCUT2D eigenvalue weighted by molar-refractivity contribution is -0.108. The summed E-state index contributed by atoms with van der Waals surface area (Å²) in [7, 11) is 1.78. The van der Waals surface area contributed by atoms with E-state index in [-0.39, 0.29) is 11.6 Å². The lowest BCUT2D eigenvalue weighted by Gasteiger charge is -2.43. The summed E-state index contributed by atoms with van der Waals surface area (Å²) in [6.07, 6.45) is 5.79. The van der Waals surface area contributed by atoms with Crippen molar-refractivity contribution >= 4 is 0 Å². The number of nitrogens with two attached hydrogens (primary N) is 1. The normalized spacial score (nSPS) is 26.9. The second-order valence-corrected chi connectivity index (χ2v) is 5.60. The van der Waals surface area contributed by atoms with Crippen LogP contribution in [0, 0.1) is 0 Å². The highest BCUT2D eigenvalue weighted by molar-refractivity contribution is 5.31. The van der Waals surface area contributed by atoms with Crippen molar-refractivity contribution < 1.29 is 9.47 Å². The third kappa shape index (κ3) is 2.18. The average Bonchev–Trinajstić information content (AvgIpc) is 2.91. The minimum atomic E-state index is -0.248. The fourth-order valence-corrected chi connectivity index (χ4v) is 3.55. The van der Waals surface area contributed by atoms with Gasteiger partial charge in [-0.3, -0.25) is 4.98 Å². The number of aromatic nitrogens is 1. The van der Waals surface area contributed by atoms with Crippen LogP contribution in [0.4, 0.5) is 0 Å². The Bertz CT molecular complexity index is 444. The maximum Gasteiger partial charge on any atom is 0.0879 e. The molecule has 0 amide bonds. The molecule has 4 heteroatoms. The topological polar surface area (TPSA) is 57.4 Å². The maximum absolute atomic E-state index is 6.59. The second kappa shape index (κ2) is 5.19. The molecule has 2 N–H and O–H groups in total. The van der Waals surface area contributed by atoms with Crippen molar-refractivity contribution in [3.63, 3.8) is 0 Å². The number of rotatable bonds is 3. The molecule has 0 bridgehead atoms. The van der Waals surface area contributed by atoms with Crippen LogP contribution in [0.15, 0.2) is 18.3 Å². The molecule has 1 aromatic heterocycles. The summed E-state index contributed by atoms with van der Waals surface area (Å²) < 4.78 is 11.3. The molecule has 2 heterocycles. The van der Waals surface area contributed by atoms with Gasteiger partial charge < -0.3 is 15.2 Å². The summed E-state index contributed by atoms with van der Waals surface area (Å²) in [5, 5.41) is 0. The average molecular weight is 262 g/mol. The zero-order valence-corrected chi connectivity index (χ0v) is 11.5.